The van der Waals surface area contributed by atoms with E-state index in [9.17, 15) is 0 Å². The van der Waals surface area contributed by atoms with Gasteiger partial charge in [-0.05, 0) is 94.4 Å². The summed E-state index contributed by atoms with van der Waals surface area (Å²) >= 11 is 0. The average molecular weight is 929 g/mol. The number of fused-ring (bicyclic) bond motifs is 6. The third-order valence-electron chi connectivity index (χ3n) is 13.4. The van der Waals surface area contributed by atoms with Crippen LogP contribution in [-0.2, 0) is 0 Å². The number of hydrogen-bond donors (Lipinski definition) is 0. The van der Waals surface area contributed by atoms with Crippen LogP contribution in [0.5, 0.6) is 0 Å². The fourth-order valence-corrected chi connectivity index (χ4v) is 10.4. The van der Waals surface area contributed by atoms with Gasteiger partial charge in [0.2, 0.25) is 0 Å². The Morgan fingerprint density at radius 2 is 0.694 bits per heavy atom. The predicted octanol–water partition coefficient (Wildman–Crippen LogP) is 14.3. The second-order valence-corrected chi connectivity index (χ2v) is 18.1. The zero-order chi connectivity index (χ0) is 48.5. The first-order chi connectivity index (χ1) is 35.3. The van der Waals surface area contributed by atoms with Crippen molar-refractivity contribution in [2.75, 3.05) is 0 Å². The number of benzene rings is 8. The van der Waals surface area contributed by atoms with Gasteiger partial charge >= 0.3 is 0 Å². The summed E-state index contributed by atoms with van der Waals surface area (Å²) in [5, 5.41) is 4.40. The Hall–Kier alpha value is -9.54. The lowest BCUT2D eigenvalue weighted by molar-refractivity contribution is 0.928. The molecule has 10 nitrogen and oxygen atoms in total. The van der Waals surface area contributed by atoms with E-state index in [-0.39, 0.29) is 0 Å². The zero-order valence-electron chi connectivity index (χ0n) is 39.9. The van der Waals surface area contributed by atoms with E-state index in [1.807, 2.05) is 39.8 Å². The number of aromatic nitrogens is 10. The Morgan fingerprint density at radius 3 is 1.22 bits per heavy atom. The van der Waals surface area contributed by atoms with Crippen LogP contribution in [-0.4, -0.2) is 49.0 Å². The van der Waals surface area contributed by atoms with Crippen LogP contribution in [0.25, 0.3) is 123 Å². The van der Waals surface area contributed by atoms with Crippen LogP contribution in [0.2, 0.25) is 0 Å². The summed E-state index contributed by atoms with van der Waals surface area (Å²) in [6, 6.07) is 68.3. The van der Waals surface area contributed by atoms with E-state index < -0.39 is 0 Å². The van der Waals surface area contributed by atoms with Crippen LogP contribution in [0, 0.1) is 27.7 Å². The molecule has 0 fully saturated rings. The second-order valence-electron chi connectivity index (χ2n) is 18.1. The van der Waals surface area contributed by atoms with Crippen molar-refractivity contribution in [2.45, 2.75) is 27.7 Å². The van der Waals surface area contributed by atoms with Crippen molar-refractivity contribution in [1.82, 2.24) is 49.0 Å². The van der Waals surface area contributed by atoms with Crippen LogP contribution in [0.3, 0.4) is 0 Å². The monoisotopic (exact) mass is 928 g/mol. The number of para-hydroxylation sites is 3. The summed E-state index contributed by atoms with van der Waals surface area (Å²) in [5.41, 5.74) is 14.6. The average Bonchev–Trinajstić information content (AvgIpc) is 3.92. The molecule has 10 heteroatoms. The Morgan fingerprint density at radius 1 is 0.278 bits per heavy atom. The molecule has 0 radical (unpaired) electrons. The SMILES string of the molecule is Cc1nc(C)nc(-c2ccc3c(c2)c2ccccc2n3-c2ccccc2-c2c(-c3nc(-c4ccccc4)cc(-c4ccccc4)n3)cccc2-n2c3ccccc3c3cc(-c4nc(C)nc(C)n4)ccc32)n1. The highest BCUT2D eigenvalue weighted by molar-refractivity contribution is 6.13. The van der Waals surface area contributed by atoms with Gasteiger partial charge in [0.1, 0.15) is 23.3 Å². The lowest BCUT2D eigenvalue weighted by Gasteiger charge is -2.21. The Labute approximate surface area is 415 Å². The van der Waals surface area contributed by atoms with E-state index in [0.29, 0.717) is 40.8 Å². The summed E-state index contributed by atoms with van der Waals surface area (Å²) in [6.45, 7) is 7.64. The van der Waals surface area contributed by atoms with Crippen molar-refractivity contribution >= 4 is 43.6 Å². The van der Waals surface area contributed by atoms with Crippen LogP contribution < -0.4 is 0 Å². The van der Waals surface area contributed by atoms with Crippen molar-refractivity contribution < 1.29 is 0 Å². The van der Waals surface area contributed by atoms with E-state index in [0.717, 1.165) is 105 Å². The Balaban J connectivity index is 1.12. The predicted molar refractivity (Wildman–Crippen MR) is 289 cm³/mol. The van der Waals surface area contributed by atoms with Gasteiger partial charge < -0.3 is 9.13 Å². The molecule has 8 aromatic carbocycles. The largest absolute Gasteiger partial charge is 0.309 e. The van der Waals surface area contributed by atoms with E-state index in [1.54, 1.807) is 0 Å². The minimum absolute atomic E-state index is 0.611. The van der Waals surface area contributed by atoms with Gasteiger partial charge in [-0.1, -0.05) is 127 Å². The fraction of sp³-hybridized carbons (Fsp3) is 0.0645. The molecule has 0 bridgehead atoms. The molecule has 5 heterocycles. The molecule has 72 heavy (non-hydrogen) atoms. The molecular weight excluding hydrogens is 885 g/mol. The minimum Gasteiger partial charge on any atom is -0.309 e. The number of aryl methyl sites for hydroxylation is 4. The van der Waals surface area contributed by atoms with E-state index in [1.165, 1.54) is 0 Å². The van der Waals surface area contributed by atoms with E-state index in [4.69, 9.17) is 29.9 Å². The Kier molecular flexibility index (Phi) is 10.1. The van der Waals surface area contributed by atoms with Gasteiger partial charge in [0.25, 0.3) is 0 Å². The van der Waals surface area contributed by atoms with Gasteiger partial charge in [-0.25, -0.2) is 39.9 Å². The first-order valence-electron chi connectivity index (χ1n) is 24.0. The third kappa shape index (κ3) is 7.27. The molecule has 0 saturated heterocycles. The van der Waals surface area contributed by atoms with Gasteiger partial charge in [0.15, 0.2) is 17.5 Å². The molecular formula is C62H44N10. The number of rotatable bonds is 8. The van der Waals surface area contributed by atoms with Crippen molar-refractivity contribution in [3.8, 4) is 79.2 Å². The van der Waals surface area contributed by atoms with Gasteiger partial charge in [0, 0.05) is 60.5 Å². The summed E-state index contributed by atoms with van der Waals surface area (Å²) in [7, 11) is 0. The van der Waals surface area contributed by atoms with Crippen LogP contribution in [0.4, 0.5) is 0 Å². The molecule has 0 spiro atoms. The molecule has 0 atom stereocenters. The molecule has 342 valence electrons. The van der Waals surface area contributed by atoms with Crippen molar-refractivity contribution in [1.29, 1.82) is 0 Å². The molecule has 0 saturated carbocycles. The first kappa shape index (κ1) is 42.6. The quantitative estimate of drug-likeness (QED) is 0.148. The summed E-state index contributed by atoms with van der Waals surface area (Å²) in [6.07, 6.45) is 0. The van der Waals surface area contributed by atoms with Crippen LogP contribution in [0.1, 0.15) is 23.3 Å². The molecule has 5 aromatic heterocycles. The summed E-state index contributed by atoms with van der Waals surface area (Å²) in [5.74, 6) is 4.67. The van der Waals surface area contributed by atoms with E-state index >= 15 is 0 Å². The molecule has 0 aliphatic heterocycles. The smallest absolute Gasteiger partial charge is 0.163 e. The lowest BCUT2D eigenvalue weighted by Crippen LogP contribution is -2.05. The van der Waals surface area contributed by atoms with Gasteiger partial charge in [-0.15, -0.1) is 0 Å². The maximum atomic E-state index is 5.47. The highest BCUT2D eigenvalue weighted by atomic mass is 15.0. The topological polar surface area (TPSA) is 113 Å². The summed E-state index contributed by atoms with van der Waals surface area (Å²) in [4.78, 5) is 38.9. The van der Waals surface area contributed by atoms with Crippen molar-refractivity contribution in [3.63, 3.8) is 0 Å². The highest BCUT2D eigenvalue weighted by Crippen LogP contribution is 2.45. The van der Waals surface area contributed by atoms with Crippen LogP contribution >= 0.6 is 0 Å². The molecule has 13 rings (SSSR count). The van der Waals surface area contributed by atoms with Crippen molar-refractivity contribution in [3.05, 3.63) is 217 Å². The maximum Gasteiger partial charge on any atom is 0.163 e. The highest BCUT2D eigenvalue weighted by Gasteiger charge is 2.25. The standard InChI is InChI=1S/C62H44N10/c1-37-63-38(2)66-60(65-37)43-30-32-56-49(34-43)45-22-11-14-26-53(45)71(56)55-28-16-13-24-47(55)59-48(62-69-51(41-18-7-5-8-19-41)36-52(70-62)42-20-9-6-10-21-42)25-17-29-58(59)72-54-27-15-12-23-46(54)50-35-44(31-33-57(50)72)61-67-39(3)64-40(4)68-61/h5-36H,1-4H3. The minimum atomic E-state index is 0.611. The van der Waals surface area contributed by atoms with Gasteiger partial charge in [-0.2, -0.15) is 0 Å². The van der Waals surface area contributed by atoms with Gasteiger partial charge in [-0.3, -0.25) is 0 Å². The third-order valence-corrected chi connectivity index (χ3v) is 13.4. The summed E-state index contributed by atoms with van der Waals surface area (Å²) < 4.78 is 4.78. The molecule has 0 aliphatic carbocycles. The van der Waals surface area contributed by atoms with E-state index in [2.05, 4.69) is 201 Å². The molecule has 0 aliphatic rings. The molecule has 13 aromatic rings. The molecule has 0 amide bonds. The zero-order valence-corrected chi connectivity index (χ0v) is 39.9. The Bertz CT molecular complexity index is 4170. The second kappa shape index (κ2) is 17.1. The van der Waals surface area contributed by atoms with Gasteiger partial charge in [0.05, 0.1) is 44.8 Å². The normalized spacial score (nSPS) is 11.6. The first-order valence-corrected chi connectivity index (χ1v) is 24.0. The van der Waals surface area contributed by atoms with Crippen molar-refractivity contribution in [2.24, 2.45) is 0 Å². The number of hydrogen-bond acceptors (Lipinski definition) is 8. The maximum absolute atomic E-state index is 5.47. The fourth-order valence-electron chi connectivity index (χ4n) is 10.4. The number of nitrogens with zero attached hydrogens (tertiary/aromatic N) is 10. The molecule has 0 N–H and O–H groups in total. The van der Waals surface area contributed by atoms with Crippen LogP contribution in [0.15, 0.2) is 194 Å². The lowest BCUT2D eigenvalue weighted by atomic mass is 9.94. The molecule has 0 unspecified atom stereocenters.